The molecule has 0 fully saturated rings. The molecule has 0 saturated carbocycles. The lowest BCUT2D eigenvalue weighted by Crippen LogP contribution is -2.34. The molecule has 0 bridgehead atoms. The number of pyridine rings is 1. The Kier molecular flexibility index (Phi) is 4.05. The van der Waals surface area contributed by atoms with Crippen LogP contribution in [0.3, 0.4) is 0 Å². The molecular weight excluding hydrogens is 218 g/mol. The smallest absolute Gasteiger partial charge is 0.408 e. The topological polar surface area (TPSA) is 75.0 Å². The lowest BCUT2D eigenvalue weighted by molar-refractivity contribution is 0.0515. The van der Waals surface area contributed by atoms with Crippen molar-refractivity contribution in [2.24, 2.45) is 0 Å². The highest BCUT2D eigenvalue weighted by molar-refractivity contribution is 5.68. The zero-order valence-corrected chi connectivity index (χ0v) is 10.1. The average molecular weight is 233 g/mol. The predicted octanol–water partition coefficient (Wildman–Crippen LogP) is 2.17. The normalized spacial score (nSPS) is 12.4. The van der Waals surface area contributed by atoms with Crippen LogP contribution in [-0.2, 0) is 4.74 Å². The minimum absolute atomic E-state index is 0.581. The summed E-state index contributed by atoms with van der Waals surface area (Å²) in [6, 6.07) is 4.61. The molecule has 1 rings (SSSR count). The largest absolute Gasteiger partial charge is 0.444 e. The Hall–Kier alpha value is -2.09. The third-order valence-electron chi connectivity index (χ3n) is 1.83. The van der Waals surface area contributed by atoms with Gasteiger partial charge >= 0.3 is 6.09 Å². The number of hydrogen-bond acceptors (Lipinski definition) is 4. The van der Waals surface area contributed by atoms with Crippen molar-refractivity contribution < 1.29 is 9.53 Å². The van der Waals surface area contributed by atoms with E-state index in [1.54, 1.807) is 45.3 Å². The van der Waals surface area contributed by atoms with Crippen LogP contribution >= 0.6 is 0 Å². The zero-order valence-electron chi connectivity index (χ0n) is 10.1. The highest BCUT2D eigenvalue weighted by atomic mass is 16.6. The summed E-state index contributed by atoms with van der Waals surface area (Å²) in [6.07, 6.45) is 2.52. The maximum Gasteiger partial charge on any atom is 0.408 e. The second-order valence-electron chi connectivity index (χ2n) is 4.49. The molecule has 0 aliphatic rings. The van der Waals surface area contributed by atoms with Gasteiger partial charge in [-0.05, 0) is 38.5 Å². The summed E-state index contributed by atoms with van der Waals surface area (Å²) in [7, 11) is 0. The summed E-state index contributed by atoms with van der Waals surface area (Å²) in [4.78, 5) is 15.3. The van der Waals surface area contributed by atoms with Gasteiger partial charge in [0.05, 0.1) is 6.07 Å². The Labute approximate surface area is 100 Å². The van der Waals surface area contributed by atoms with Crippen molar-refractivity contribution in [3.8, 4) is 6.07 Å². The average Bonchev–Trinajstić information content (AvgIpc) is 2.24. The lowest BCUT2D eigenvalue weighted by Gasteiger charge is -2.21. The number of amides is 1. The highest BCUT2D eigenvalue weighted by Crippen LogP contribution is 2.12. The van der Waals surface area contributed by atoms with E-state index in [2.05, 4.69) is 10.3 Å². The maximum absolute atomic E-state index is 11.5. The molecule has 1 aromatic heterocycles. The summed E-state index contributed by atoms with van der Waals surface area (Å²) in [5.41, 5.74) is 0.0934. The monoisotopic (exact) mass is 233 g/mol. The summed E-state index contributed by atoms with van der Waals surface area (Å²) in [5, 5.41) is 11.5. The number of nitriles is 1. The van der Waals surface area contributed by atoms with E-state index in [4.69, 9.17) is 10.00 Å². The summed E-state index contributed by atoms with van der Waals surface area (Å²) >= 11 is 0. The van der Waals surface area contributed by atoms with Crippen molar-refractivity contribution in [1.29, 1.82) is 5.26 Å². The molecule has 1 atom stereocenters. The SMILES string of the molecule is CC(C)(C)OC(=O)NC(C#N)c1ccncc1. The molecule has 1 aromatic rings. The fourth-order valence-electron chi connectivity index (χ4n) is 1.17. The predicted molar refractivity (Wildman–Crippen MR) is 62.0 cm³/mol. The van der Waals surface area contributed by atoms with Crippen LogP contribution in [0.1, 0.15) is 32.4 Å². The first kappa shape index (κ1) is 13.0. The number of rotatable bonds is 2. The van der Waals surface area contributed by atoms with E-state index in [1.807, 2.05) is 6.07 Å². The van der Waals surface area contributed by atoms with Crippen molar-refractivity contribution >= 4 is 6.09 Å². The van der Waals surface area contributed by atoms with Gasteiger partial charge in [-0.2, -0.15) is 5.26 Å². The minimum Gasteiger partial charge on any atom is -0.444 e. The Bertz CT molecular complexity index is 418. The molecule has 1 amide bonds. The first-order valence-corrected chi connectivity index (χ1v) is 5.21. The van der Waals surface area contributed by atoms with Gasteiger partial charge in [-0.25, -0.2) is 4.79 Å². The molecule has 0 radical (unpaired) electrons. The molecule has 90 valence electrons. The summed E-state index contributed by atoms with van der Waals surface area (Å²) in [6.45, 7) is 5.29. The van der Waals surface area contributed by atoms with Crippen molar-refractivity contribution in [3.05, 3.63) is 30.1 Å². The number of nitrogens with one attached hydrogen (secondary N) is 1. The number of aromatic nitrogens is 1. The highest BCUT2D eigenvalue weighted by Gasteiger charge is 2.19. The van der Waals surface area contributed by atoms with Crippen molar-refractivity contribution in [3.63, 3.8) is 0 Å². The standard InChI is InChI=1S/C12H15N3O2/c1-12(2,3)17-11(16)15-10(8-13)9-4-6-14-7-5-9/h4-7,10H,1-3H3,(H,15,16). The van der Waals surface area contributed by atoms with Crippen LogP contribution in [0.15, 0.2) is 24.5 Å². The number of alkyl carbamates (subject to hydrolysis) is 1. The third kappa shape index (κ3) is 4.51. The van der Waals surface area contributed by atoms with Gasteiger partial charge < -0.3 is 10.1 Å². The molecule has 1 unspecified atom stereocenters. The molecular formula is C12H15N3O2. The van der Waals surface area contributed by atoms with Gasteiger partial charge in [0.1, 0.15) is 11.6 Å². The number of hydrogen-bond donors (Lipinski definition) is 1. The molecule has 0 aliphatic heterocycles. The molecule has 5 heteroatoms. The fraction of sp³-hybridized carbons (Fsp3) is 0.417. The number of carbonyl (C=O) groups excluding carboxylic acids is 1. The first-order chi connectivity index (χ1) is 7.92. The van der Waals surface area contributed by atoms with Crippen LogP contribution < -0.4 is 5.32 Å². The minimum atomic E-state index is -0.729. The van der Waals surface area contributed by atoms with Crippen molar-refractivity contribution in [2.75, 3.05) is 0 Å². The van der Waals surface area contributed by atoms with Crippen LogP contribution in [0, 0.1) is 11.3 Å². The fourth-order valence-corrected chi connectivity index (χ4v) is 1.17. The summed E-state index contributed by atoms with van der Waals surface area (Å²) < 4.78 is 5.07. The zero-order chi connectivity index (χ0) is 12.9. The second-order valence-corrected chi connectivity index (χ2v) is 4.49. The second kappa shape index (κ2) is 5.30. The van der Waals surface area contributed by atoms with Gasteiger partial charge in [0.2, 0.25) is 0 Å². The van der Waals surface area contributed by atoms with Gasteiger partial charge in [0.15, 0.2) is 0 Å². The Morgan fingerprint density at radius 3 is 2.53 bits per heavy atom. The third-order valence-corrected chi connectivity index (χ3v) is 1.83. The number of carbonyl (C=O) groups is 1. The van der Waals surface area contributed by atoms with E-state index < -0.39 is 17.7 Å². The van der Waals surface area contributed by atoms with E-state index >= 15 is 0 Å². The lowest BCUT2D eigenvalue weighted by atomic mass is 10.1. The van der Waals surface area contributed by atoms with Gasteiger partial charge in [-0.3, -0.25) is 4.98 Å². The quantitative estimate of drug-likeness (QED) is 0.849. The molecule has 17 heavy (non-hydrogen) atoms. The molecule has 0 spiro atoms. The van der Waals surface area contributed by atoms with Gasteiger partial charge in [-0.15, -0.1) is 0 Å². The van der Waals surface area contributed by atoms with Gasteiger partial charge in [0, 0.05) is 12.4 Å². The molecule has 0 aromatic carbocycles. The maximum atomic E-state index is 11.5. The molecule has 1 heterocycles. The Morgan fingerprint density at radius 2 is 2.06 bits per heavy atom. The van der Waals surface area contributed by atoms with E-state index in [1.165, 1.54) is 0 Å². The molecule has 1 N–H and O–H groups in total. The van der Waals surface area contributed by atoms with E-state index in [0.29, 0.717) is 5.56 Å². The number of nitrogens with zero attached hydrogens (tertiary/aromatic N) is 2. The number of ether oxygens (including phenoxy) is 1. The molecule has 0 aliphatic carbocycles. The summed E-state index contributed by atoms with van der Waals surface area (Å²) in [5.74, 6) is 0. The molecule has 0 saturated heterocycles. The van der Waals surface area contributed by atoms with E-state index in [0.717, 1.165) is 0 Å². The Balaban J connectivity index is 2.67. The van der Waals surface area contributed by atoms with Crippen LogP contribution in [0.4, 0.5) is 4.79 Å². The molecule has 5 nitrogen and oxygen atoms in total. The van der Waals surface area contributed by atoms with Crippen LogP contribution in [0.5, 0.6) is 0 Å². The van der Waals surface area contributed by atoms with Crippen molar-refractivity contribution in [2.45, 2.75) is 32.4 Å². The van der Waals surface area contributed by atoms with Gasteiger partial charge in [-0.1, -0.05) is 0 Å². The van der Waals surface area contributed by atoms with Gasteiger partial charge in [0.25, 0.3) is 0 Å². The van der Waals surface area contributed by atoms with Crippen LogP contribution in [0.2, 0.25) is 0 Å². The Morgan fingerprint density at radius 1 is 1.47 bits per heavy atom. The van der Waals surface area contributed by atoms with Crippen LogP contribution in [0.25, 0.3) is 0 Å². The first-order valence-electron chi connectivity index (χ1n) is 5.21. The van der Waals surface area contributed by atoms with E-state index in [-0.39, 0.29) is 0 Å². The van der Waals surface area contributed by atoms with E-state index in [9.17, 15) is 4.79 Å². The van der Waals surface area contributed by atoms with Crippen LogP contribution in [-0.4, -0.2) is 16.7 Å². The van der Waals surface area contributed by atoms with Crippen molar-refractivity contribution in [1.82, 2.24) is 10.3 Å².